The van der Waals surface area contributed by atoms with Crippen LogP contribution < -0.4 is 10.1 Å². The standard InChI is InChI=1S/C20H24N2O2/c1-4-24-18-8-7-16-9-10-22(13-17(16)12-18)20(23)21-19-11-14(2)5-6-15(19)3/h5-8,11-12H,4,9-10,13H2,1-3H3,(H,21,23). The van der Waals surface area contributed by atoms with Gasteiger partial charge in [-0.3, -0.25) is 0 Å². The van der Waals surface area contributed by atoms with Crippen molar-refractivity contribution < 1.29 is 9.53 Å². The number of rotatable bonds is 3. The molecule has 0 radical (unpaired) electrons. The maximum absolute atomic E-state index is 12.6. The van der Waals surface area contributed by atoms with Crippen LogP contribution in [-0.4, -0.2) is 24.1 Å². The van der Waals surface area contributed by atoms with E-state index >= 15 is 0 Å². The van der Waals surface area contributed by atoms with Gasteiger partial charge in [0.15, 0.2) is 0 Å². The van der Waals surface area contributed by atoms with E-state index in [1.54, 1.807) is 0 Å². The van der Waals surface area contributed by atoms with Gasteiger partial charge in [0.1, 0.15) is 5.75 Å². The fraction of sp³-hybridized carbons (Fsp3) is 0.350. The van der Waals surface area contributed by atoms with E-state index < -0.39 is 0 Å². The monoisotopic (exact) mass is 324 g/mol. The summed E-state index contributed by atoms with van der Waals surface area (Å²) in [5.41, 5.74) is 5.57. The van der Waals surface area contributed by atoms with E-state index in [0.717, 1.165) is 35.5 Å². The number of hydrogen-bond donors (Lipinski definition) is 1. The number of ether oxygens (including phenoxy) is 1. The predicted molar refractivity (Wildman–Crippen MR) is 96.7 cm³/mol. The number of carbonyl (C=O) groups excluding carboxylic acids is 1. The average molecular weight is 324 g/mol. The van der Waals surface area contributed by atoms with E-state index in [0.29, 0.717) is 13.2 Å². The third kappa shape index (κ3) is 3.53. The summed E-state index contributed by atoms with van der Waals surface area (Å²) in [5, 5.41) is 3.05. The third-order valence-electron chi connectivity index (χ3n) is 4.42. The number of amides is 2. The zero-order chi connectivity index (χ0) is 17.1. The van der Waals surface area contributed by atoms with Crippen molar-refractivity contribution in [2.75, 3.05) is 18.5 Å². The fourth-order valence-electron chi connectivity index (χ4n) is 3.03. The molecule has 1 heterocycles. The minimum absolute atomic E-state index is 0.0452. The predicted octanol–water partition coefficient (Wildman–Crippen LogP) is 4.29. The van der Waals surface area contributed by atoms with Crippen LogP contribution >= 0.6 is 0 Å². The molecule has 24 heavy (non-hydrogen) atoms. The lowest BCUT2D eigenvalue weighted by molar-refractivity contribution is 0.206. The van der Waals surface area contributed by atoms with Gasteiger partial charge in [-0.05, 0) is 67.6 Å². The third-order valence-corrected chi connectivity index (χ3v) is 4.42. The Morgan fingerprint density at radius 2 is 2.00 bits per heavy atom. The van der Waals surface area contributed by atoms with Crippen LogP contribution in [0, 0.1) is 13.8 Å². The summed E-state index contributed by atoms with van der Waals surface area (Å²) in [5.74, 6) is 0.869. The van der Waals surface area contributed by atoms with Crippen molar-refractivity contribution in [1.29, 1.82) is 0 Å². The Labute approximate surface area is 143 Å². The van der Waals surface area contributed by atoms with Gasteiger partial charge >= 0.3 is 6.03 Å². The normalized spacial score (nSPS) is 13.4. The molecule has 0 saturated heterocycles. The molecule has 0 atom stereocenters. The Morgan fingerprint density at radius 1 is 1.17 bits per heavy atom. The zero-order valence-electron chi connectivity index (χ0n) is 14.6. The molecule has 126 valence electrons. The number of anilines is 1. The van der Waals surface area contributed by atoms with Gasteiger partial charge < -0.3 is 15.0 Å². The van der Waals surface area contributed by atoms with E-state index in [4.69, 9.17) is 4.74 Å². The van der Waals surface area contributed by atoms with Crippen LogP contribution in [0.2, 0.25) is 0 Å². The number of carbonyl (C=O) groups is 1. The molecule has 4 nitrogen and oxygen atoms in total. The van der Waals surface area contributed by atoms with Gasteiger partial charge in [-0.15, -0.1) is 0 Å². The van der Waals surface area contributed by atoms with Crippen LogP contribution in [0.1, 0.15) is 29.2 Å². The molecule has 0 aliphatic carbocycles. The Morgan fingerprint density at radius 3 is 2.79 bits per heavy atom. The van der Waals surface area contributed by atoms with Gasteiger partial charge in [0.05, 0.1) is 6.61 Å². The lowest BCUT2D eigenvalue weighted by atomic mass is 10.00. The van der Waals surface area contributed by atoms with E-state index in [1.165, 1.54) is 11.1 Å². The molecule has 2 aromatic carbocycles. The van der Waals surface area contributed by atoms with Crippen LogP contribution in [-0.2, 0) is 13.0 Å². The molecular weight excluding hydrogens is 300 g/mol. The number of aryl methyl sites for hydroxylation is 2. The van der Waals surface area contributed by atoms with Crippen molar-refractivity contribution in [3.8, 4) is 5.75 Å². The molecule has 1 aliphatic heterocycles. The topological polar surface area (TPSA) is 41.6 Å². The summed E-state index contributed by atoms with van der Waals surface area (Å²) in [6, 6.07) is 12.2. The smallest absolute Gasteiger partial charge is 0.322 e. The molecule has 0 saturated carbocycles. The Balaban J connectivity index is 1.73. The lowest BCUT2D eigenvalue weighted by Gasteiger charge is -2.29. The summed E-state index contributed by atoms with van der Waals surface area (Å²) in [7, 11) is 0. The summed E-state index contributed by atoms with van der Waals surface area (Å²) in [6.07, 6.45) is 0.877. The van der Waals surface area contributed by atoms with Crippen molar-refractivity contribution in [3.05, 3.63) is 58.7 Å². The minimum atomic E-state index is -0.0452. The Kier molecular flexibility index (Phi) is 4.74. The van der Waals surface area contributed by atoms with Gasteiger partial charge in [-0.1, -0.05) is 18.2 Å². The first-order valence-corrected chi connectivity index (χ1v) is 8.44. The van der Waals surface area contributed by atoms with E-state index in [1.807, 2.05) is 43.9 Å². The van der Waals surface area contributed by atoms with Crippen LogP contribution in [0.5, 0.6) is 5.75 Å². The quantitative estimate of drug-likeness (QED) is 0.915. The number of fused-ring (bicyclic) bond motifs is 1. The molecule has 1 N–H and O–H groups in total. The van der Waals surface area contributed by atoms with Crippen molar-refractivity contribution in [2.24, 2.45) is 0 Å². The van der Waals surface area contributed by atoms with Gasteiger partial charge in [0.25, 0.3) is 0 Å². The largest absolute Gasteiger partial charge is 0.494 e. The molecule has 0 bridgehead atoms. The highest BCUT2D eigenvalue weighted by atomic mass is 16.5. The minimum Gasteiger partial charge on any atom is -0.494 e. The van der Waals surface area contributed by atoms with Gasteiger partial charge in [-0.2, -0.15) is 0 Å². The van der Waals surface area contributed by atoms with Crippen LogP contribution in [0.4, 0.5) is 10.5 Å². The maximum Gasteiger partial charge on any atom is 0.322 e. The second kappa shape index (κ2) is 6.95. The lowest BCUT2D eigenvalue weighted by Crippen LogP contribution is -2.39. The summed E-state index contributed by atoms with van der Waals surface area (Å²) in [6.45, 7) is 8.01. The van der Waals surface area contributed by atoms with Gasteiger partial charge in [0, 0.05) is 18.8 Å². The average Bonchev–Trinajstić information content (AvgIpc) is 2.58. The fourth-order valence-corrected chi connectivity index (χ4v) is 3.03. The molecule has 0 fully saturated rings. The molecule has 4 heteroatoms. The highest BCUT2D eigenvalue weighted by molar-refractivity contribution is 5.90. The van der Waals surface area contributed by atoms with Crippen molar-refractivity contribution in [1.82, 2.24) is 4.90 Å². The molecule has 2 aromatic rings. The number of benzene rings is 2. The number of hydrogen-bond acceptors (Lipinski definition) is 2. The molecule has 3 rings (SSSR count). The number of nitrogens with one attached hydrogen (secondary N) is 1. The molecular formula is C20H24N2O2. The number of urea groups is 1. The zero-order valence-corrected chi connectivity index (χ0v) is 14.6. The SMILES string of the molecule is CCOc1ccc2c(c1)CN(C(=O)Nc1cc(C)ccc1C)CC2. The first kappa shape index (κ1) is 16.4. The first-order chi connectivity index (χ1) is 11.6. The summed E-state index contributed by atoms with van der Waals surface area (Å²) in [4.78, 5) is 14.5. The summed E-state index contributed by atoms with van der Waals surface area (Å²) < 4.78 is 5.57. The first-order valence-electron chi connectivity index (χ1n) is 8.44. The van der Waals surface area contributed by atoms with Crippen LogP contribution in [0.15, 0.2) is 36.4 Å². The maximum atomic E-state index is 12.6. The second-order valence-electron chi connectivity index (χ2n) is 6.28. The highest BCUT2D eigenvalue weighted by Crippen LogP contribution is 2.25. The van der Waals surface area contributed by atoms with Crippen LogP contribution in [0.3, 0.4) is 0 Å². The number of nitrogens with zero attached hydrogens (tertiary/aromatic N) is 1. The van der Waals surface area contributed by atoms with Crippen molar-refractivity contribution >= 4 is 11.7 Å². The highest BCUT2D eigenvalue weighted by Gasteiger charge is 2.21. The molecule has 0 spiro atoms. The molecule has 0 aromatic heterocycles. The molecule has 1 aliphatic rings. The van der Waals surface area contributed by atoms with Crippen molar-refractivity contribution in [3.63, 3.8) is 0 Å². The molecule has 0 unspecified atom stereocenters. The van der Waals surface area contributed by atoms with E-state index in [2.05, 4.69) is 23.5 Å². The van der Waals surface area contributed by atoms with Crippen molar-refractivity contribution in [2.45, 2.75) is 33.7 Å². The Bertz CT molecular complexity index is 755. The molecule has 2 amide bonds. The summed E-state index contributed by atoms with van der Waals surface area (Å²) >= 11 is 0. The van der Waals surface area contributed by atoms with E-state index in [-0.39, 0.29) is 6.03 Å². The van der Waals surface area contributed by atoms with Gasteiger partial charge in [-0.25, -0.2) is 4.79 Å². The van der Waals surface area contributed by atoms with Crippen LogP contribution in [0.25, 0.3) is 0 Å². The second-order valence-corrected chi connectivity index (χ2v) is 6.28. The van der Waals surface area contributed by atoms with Gasteiger partial charge in [0.2, 0.25) is 0 Å². The van der Waals surface area contributed by atoms with E-state index in [9.17, 15) is 4.79 Å². The Hall–Kier alpha value is -2.49.